The number of aliphatic hydroxyl groups is 1. The maximum atomic E-state index is 10.5. The number of nitrogens with zero attached hydrogens (tertiary/aromatic N) is 2. The maximum absolute atomic E-state index is 10.5. The Hall–Kier alpha value is -1.42. The first kappa shape index (κ1) is 9.15. The van der Waals surface area contributed by atoms with Crippen LogP contribution >= 0.6 is 0 Å². The van der Waals surface area contributed by atoms with E-state index in [4.69, 9.17) is 5.11 Å². The van der Waals surface area contributed by atoms with Crippen molar-refractivity contribution in [1.29, 1.82) is 0 Å². The predicted molar refractivity (Wildman–Crippen MR) is 54.0 cm³/mol. The molecule has 1 aliphatic rings. The summed E-state index contributed by atoms with van der Waals surface area (Å²) in [6.07, 6.45) is 0.684. The fourth-order valence-corrected chi connectivity index (χ4v) is 1.95. The zero-order valence-electron chi connectivity index (χ0n) is 7.76. The van der Waals surface area contributed by atoms with Gasteiger partial charge in [-0.15, -0.1) is 4.91 Å². The molecular formula is C10H12N2O2. The maximum Gasteiger partial charge on any atom is 0.0661 e. The molecule has 1 N–H and O–H groups in total. The van der Waals surface area contributed by atoms with Gasteiger partial charge in [0.25, 0.3) is 0 Å². The van der Waals surface area contributed by atoms with Gasteiger partial charge in [0, 0.05) is 12.5 Å². The number of para-hydroxylation sites is 1. The second-order valence-electron chi connectivity index (χ2n) is 3.43. The Bertz CT molecular complexity index is 341. The highest BCUT2D eigenvalue weighted by atomic mass is 16.3. The second-order valence-corrected chi connectivity index (χ2v) is 3.43. The molecule has 1 aromatic carbocycles. The summed E-state index contributed by atoms with van der Waals surface area (Å²) < 4.78 is 0. The Kier molecular flexibility index (Phi) is 2.45. The van der Waals surface area contributed by atoms with Crippen molar-refractivity contribution in [1.82, 2.24) is 0 Å². The van der Waals surface area contributed by atoms with Crippen LogP contribution < -0.4 is 5.01 Å². The van der Waals surface area contributed by atoms with Crippen molar-refractivity contribution in [3.8, 4) is 0 Å². The summed E-state index contributed by atoms with van der Waals surface area (Å²) >= 11 is 0. The fraction of sp³-hybridized carbons (Fsp3) is 0.400. The van der Waals surface area contributed by atoms with Gasteiger partial charge in [0.1, 0.15) is 0 Å². The molecular weight excluding hydrogens is 180 g/mol. The molecule has 0 saturated heterocycles. The molecule has 0 saturated carbocycles. The molecule has 2 rings (SSSR count). The first-order chi connectivity index (χ1) is 6.86. The third kappa shape index (κ3) is 1.37. The molecule has 0 fully saturated rings. The lowest BCUT2D eigenvalue weighted by Crippen LogP contribution is -2.14. The molecule has 74 valence electrons. The van der Waals surface area contributed by atoms with E-state index in [1.165, 1.54) is 5.01 Å². The van der Waals surface area contributed by atoms with E-state index in [1.807, 2.05) is 24.3 Å². The number of benzene rings is 1. The molecule has 0 aliphatic carbocycles. The summed E-state index contributed by atoms with van der Waals surface area (Å²) in [6.45, 7) is 0.731. The molecule has 1 heterocycles. The predicted octanol–water partition coefficient (Wildman–Crippen LogP) is 1.65. The van der Waals surface area contributed by atoms with Crippen LogP contribution in [0.15, 0.2) is 29.6 Å². The van der Waals surface area contributed by atoms with Gasteiger partial charge in [0.2, 0.25) is 0 Å². The van der Waals surface area contributed by atoms with Gasteiger partial charge in [-0.2, -0.15) is 0 Å². The fourth-order valence-electron chi connectivity index (χ4n) is 1.95. The number of hydrogen-bond donors (Lipinski definition) is 1. The molecule has 4 heteroatoms. The van der Waals surface area contributed by atoms with Gasteiger partial charge in [-0.25, -0.2) is 5.01 Å². The molecule has 1 unspecified atom stereocenters. The third-order valence-corrected chi connectivity index (χ3v) is 2.62. The number of aliphatic hydroxyl groups excluding tert-OH is 1. The second kappa shape index (κ2) is 3.75. The number of hydrogen-bond acceptors (Lipinski definition) is 3. The number of rotatable bonds is 3. The van der Waals surface area contributed by atoms with E-state index < -0.39 is 0 Å². The number of nitroso groups, excluding NO2 is 1. The van der Waals surface area contributed by atoms with Crippen molar-refractivity contribution in [2.24, 2.45) is 5.29 Å². The van der Waals surface area contributed by atoms with Gasteiger partial charge in [0.05, 0.1) is 17.5 Å². The van der Waals surface area contributed by atoms with Crippen LogP contribution in [0.2, 0.25) is 0 Å². The van der Waals surface area contributed by atoms with Gasteiger partial charge in [-0.1, -0.05) is 18.2 Å². The molecule has 0 spiro atoms. The van der Waals surface area contributed by atoms with E-state index in [0.717, 1.165) is 11.3 Å². The molecule has 14 heavy (non-hydrogen) atoms. The van der Waals surface area contributed by atoms with Crippen LogP contribution in [0.4, 0.5) is 5.69 Å². The Morgan fingerprint density at radius 3 is 3.00 bits per heavy atom. The lowest BCUT2D eigenvalue weighted by Gasteiger charge is -2.07. The van der Waals surface area contributed by atoms with Crippen molar-refractivity contribution in [2.45, 2.75) is 12.3 Å². The van der Waals surface area contributed by atoms with Crippen LogP contribution in [0.25, 0.3) is 0 Å². The van der Waals surface area contributed by atoms with E-state index in [0.29, 0.717) is 13.0 Å². The van der Waals surface area contributed by atoms with E-state index in [2.05, 4.69) is 5.29 Å². The Morgan fingerprint density at radius 2 is 2.29 bits per heavy atom. The summed E-state index contributed by atoms with van der Waals surface area (Å²) in [5, 5.41) is 13.3. The standard InChI is InChI=1S/C10H12N2O2/c13-6-5-8-7-12(11-14)10-4-2-1-3-9(8)10/h1-4,8,13H,5-7H2. The molecule has 1 aromatic rings. The first-order valence-electron chi connectivity index (χ1n) is 4.67. The molecule has 1 aliphatic heterocycles. The molecule has 1 atom stereocenters. The highest BCUT2D eigenvalue weighted by molar-refractivity contribution is 5.59. The monoisotopic (exact) mass is 192 g/mol. The summed E-state index contributed by atoms with van der Waals surface area (Å²) in [7, 11) is 0. The normalized spacial score (nSPS) is 19.5. The third-order valence-electron chi connectivity index (χ3n) is 2.62. The average Bonchev–Trinajstić information content (AvgIpc) is 2.58. The van der Waals surface area contributed by atoms with Gasteiger partial charge in [-0.3, -0.25) is 0 Å². The highest BCUT2D eigenvalue weighted by Crippen LogP contribution is 2.37. The molecule has 0 bridgehead atoms. The minimum Gasteiger partial charge on any atom is -0.396 e. The van der Waals surface area contributed by atoms with Gasteiger partial charge in [-0.05, 0) is 18.1 Å². The van der Waals surface area contributed by atoms with E-state index in [9.17, 15) is 4.91 Å². The molecule has 0 radical (unpaired) electrons. The van der Waals surface area contributed by atoms with Crippen molar-refractivity contribution in [2.75, 3.05) is 18.2 Å². The van der Waals surface area contributed by atoms with E-state index in [-0.39, 0.29) is 12.5 Å². The minimum atomic E-state index is 0.145. The lowest BCUT2D eigenvalue weighted by atomic mass is 9.99. The SMILES string of the molecule is O=NN1CC(CCO)c2ccccc21. The first-order valence-corrected chi connectivity index (χ1v) is 4.67. The van der Waals surface area contributed by atoms with E-state index in [1.54, 1.807) is 0 Å². The van der Waals surface area contributed by atoms with E-state index >= 15 is 0 Å². The number of fused-ring (bicyclic) bond motifs is 1. The van der Waals surface area contributed by atoms with Crippen LogP contribution in [0.3, 0.4) is 0 Å². The Morgan fingerprint density at radius 1 is 1.50 bits per heavy atom. The largest absolute Gasteiger partial charge is 0.396 e. The van der Waals surface area contributed by atoms with Crippen molar-refractivity contribution in [3.63, 3.8) is 0 Å². The van der Waals surface area contributed by atoms with Crippen LogP contribution in [0.5, 0.6) is 0 Å². The minimum absolute atomic E-state index is 0.145. The highest BCUT2D eigenvalue weighted by Gasteiger charge is 2.28. The van der Waals surface area contributed by atoms with Crippen LogP contribution in [0, 0.1) is 4.91 Å². The zero-order valence-corrected chi connectivity index (χ0v) is 7.76. The quantitative estimate of drug-likeness (QED) is 0.741. The lowest BCUT2D eigenvalue weighted by molar-refractivity contribution is 0.277. The van der Waals surface area contributed by atoms with Crippen LogP contribution in [-0.4, -0.2) is 18.3 Å². The van der Waals surface area contributed by atoms with Crippen LogP contribution in [0.1, 0.15) is 17.9 Å². The summed E-state index contributed by atoms with van der Waals surface area (Å²) in [6, 6.07) is 7.70. The van der Waals surface area contributed by atoms with Gasteiger partial charge in [0.15, 0.2) is 0 Å². The van der Waals surface area contributed by atoms with Gasteiger partial charge < -0.3 is 5.11 Å². The van der Waals surface area contributed by atoms with Crippen molar-refractivity contribution in [3.05, 3.63) is 34.7 Å². The molecule has 0 amide bonds. The van der Waals surface area contributed by atoms with Crippen molar-refractivity contribution < 1.29 is 5.11 Å². The van der Waals surface area contributed by atoms with Crippen molar-refractivity contribution >= 4 is 5.69 Å². The topological polar surface area (TPSA) is 52.9 Å². The molecule has 0 aromatic heterocycles. The Labute approximate surface area is 82.1 Å². The summed E-state index contributed by atoms with van der Waals surface area (Å²) in [5.74, 6) is 0.230. The number of anilines is 1. The zero-order chi connectivity index (χ0) is 9.97. The smallest absolute Gasteiger partial charge is 0.0661 e. The summed E-state index contributed by atoms with van der Waals surface area (Å²) in [4.78, 5) is 10.5. The Balaban J connectivity index is 2.33. The average molecular weight is 192 g/mol. The van der Waals surface area contributed by atoms with Crippen LogP contribution in [-0.2, 0) is 0 Å². The summed E-state index contributed by atoms with van der Waals surface area (Å²) in [5.41, 5.74) is 1.99. The van der Waals surface area contributed by atoms with Gasteiger partial charge >= 0.3 is 0 Å². The molecule has 4 nitrogen and oxygen atoms in total.